The molecular weight excluding hydrogens is 175 g/mol. The summed E-state index contributed by atoms with van der Waals surface area (Å²) in [5, 5.41) is 0. The van der Waals surface area contributed by atoms with Crippen LogP contribution in [-0.4, -0.2) is 11.6 Å². The van der Waals surface area contributed by atoms with Crippen molar-refractivity contribution in [3.8, 4) is 0 Å². The molecule has 0 atom stereocenters. The summed E-state index contributed by atoms with van der Waals surface area (Å²) in [6.07, 6.45) is 4.43. The SMILES string of the molecule is CC(C)C1=C(C(C)C)C=[P+]=CC=C1. The van der Waals surface area contributed by atoms with Crippen LogP contribution in [0.2, 0.25) is 0 Å². The monoisotopic (exact) mass is 193 g/mol. The van der Waals surface area contributed by atoms with Gasteiger partial charge in [-0.15, -0.1) is 0 Å². The third-order valence-corrected chi connectivity index (χ3v) is 3.01. The molecule has 1 heterocycles. The van der Waals surface area contributed by atoms with Gasteiger partial charge in [0.25, 0.3) is 0 Å². The van der Waals surface area contributed by atoms with Gasteiger partial charge in [0, 0.05) is 0 Å². The minimum atomic E-state index is 0.631. The molecule has 0 radical (unpaired) electrons. The van der Waals surface area contributed by atoms with Crippen molar-refractivity contribution in [2.75, 3.05) is 0 Å². The molecule has 0 saturated carbocycles. The zero-order valence-corrected chi connectivity index (χ0v) is 9.81. The second-order valence-electron chi connectivity index (χ2n) is 4.01. The molecule has 0 N–H and O–H groups in total. The Balaban J connectivity index is 3.15. The molecule has 0 saturated heterocycles. The fourth-order valence-corrected chi connectivity index (χ4v) is 2.38. The van der Waals surface area contributed by atoms with Gasteiger partial charge in [0.2, 0.25) is 0 Å². The van der Waals surface area contributed by atoms with Gasteiger partial charge in [0.05, 0.1) is 0 Å². The van der Waals surface area contributed by atoms with Crippen LogP contribution in [0, 0.1) is 11.8 Å². The molecule has 0 bridgehead atoms. The Morgan fingerprint density at radius 2 is 1.62 bits per heavy atom. The van der Waals surface area contributed by atoms with E-state index in [1.807, 2.05) is 0 Å². The first-order valence-electron chi connectivity index (χ1n) is 4.90. The molecule has 1 rings (SSSR count). The first kappa shape index (κ1) is 10.7. The molecule has 0 unspecified atom stereocenters. The Hall–Kier alpha value is -0.350. The van der Waals surface area contributed by atoms with E-state index in [1.54, 1.807) is 0 Å². The van der Waals surface area contributed by atoms with Gasteiger partial charge in [-0.2, -0.15) is 0 Å². The van der Waals surface area contributed by atoms with Gasteiger partial charge in [0.1, 0.15) is 0 Å². The molecule has 0 nitrogen and oxygen atoms in total. The van der Waals surface area contributed by atoms with Crippen molar-refractivity contribution in [1.29, 1.82) is 0 Å². The Kier molecular flexibility index (Phi) is 3.93. The van der Waals surface area contributed by atoms with Crippen LogP contribution >= 0.6 is 7.83 Å². The topological polar surface area (TPSA) is 0 Å². The van der Waals surface area contributed by atoms with Gasteiger partial charge in [0.15, 0.2) is 0 Å². The van der Waals surface area contributed by atoms with Crippen molar-refractivity contribution >= 4 is 19.4 Å². The molecule has 1 heteroatoms. The van der Waals surface area contributed by atoms with E-state index in [9.17, 15) is 0 Å². The number of hydrogen-bond acceptors (Lipinski definition) is 0. The average Bonchev–Trinajstić information content (AvgIpc) is 2.27. The summed E-state index contributed by atoms with van der Waals surface area (Å²) in [4.78, 5) is 0. The minimum absolute atomic E-state index is 0.631. The predicted octanol–water partition coefficient (Wildman–Crippen LogP) is 3.72. The molecule has 70 valence electrons. The number of hydrogen-bond donors (Lipinski definition) is 0. The fourth-order valence-electron chi connectivity index (χ4n) is 1.50. The van der Waals surface area contributed by atoms with E-state index in [0.717, 1.165) is 0 Å². The average molecular weight is 193 g/mol. The first-order chi connectivity index (χ1) is 6.13. The molecule has 0 aromatic rings. The van der Waals surface area contributed by atoms with Crippen molar-refractivity contribution in [3.63, 3.8) is 0 Å². The van der Waals surface area contributed by atoms with Crippen molar-refractivity contribution in [1.82, 2.24) is 0 Å². The number of allylic oxidation sites excluding steroid dienone is 4. The van der Waals surface area contributed by atoms with Crippen LogP contribution in [0.3, 0.4) is 0 Å². The summed E-state index contributed by atoms with van der Waals surface area (Å²) < 4.78 is 0. The van der Waals surface area contributed by atoms with Crippen LogP contribution in [0.1, 0.15) is 27.7 Å². The van der Waals surface area contributed by atoms with Gasteiger partial charge in [-0.1, -0.05) is 0 Å². The Morgan fingerprint density at radius 1 is 1.00 bits per heavy atom. The maximum atomic E-state index is 2.33. The van der Waals surface area contributed by atoms with Crippen LogP contribution in [0.5, 0.6) is 0 Å². The fraction of sp³-hybridized carbons (Fsp3) is 0.500. The normalized spacial score (nSPS) is 16.8. The van der Waals surface area contributed by atoms with E-state index in [1.165, 1.54) is 19.0 Å². The third-order valence-electron chi connectivity index (χ3n) is 2.24. The molecule has 0 amide bonds. The summed E-state index contributed by atoms with van der Waals surface area (Å²) in [7, 11) is 1.32. The van der Waals surface area contributed by atoms with E-state index in [-0.39, 0.29) is 0 Å². The van der Waals surface area contributed by atoms with E-state index in [0.29, 0.717) is 11.8 Å². The first-order valence-corrected chi connectivity index (χ1v) is 5.93. The van der Waals surface area contributed by atoms with Gasteiger partial charge in [-0.3, -0.25) is 0 Å². The second kappa shape index (κ2) is 4.77. The van der Waals surface area contributed by atoms with Crippen molar-refractivity contribution < 1.29 is 0 Å². The number of rotatable bonds is 2. The van der Waals surface area contributed by atoms with E-state index >= 15 is 0 Å². The van der Waals surface area contributed by atoms with Crippen LogP contribution in [0.15, 0.2) is 23.3 Å². The van der Waals surface area contributed by atoms with E-state index in [4.69, 9.17) is 0 Å². The zero-order valence-electron chi connectivity index (χ0n) is 8.91. The molecule has 0 aliphatic carbocycles. The molecule has 1 aliphatic rings. The van der Waals surface area contributed by atoms with Gasteiger partial charge < -0.3 is 0 Å². The summed E-state index contributed by atoms with van der Waals surface area (Å²) in [5.41, 5.74) is 3.01. The second-order valence-corrected chi connectivity index (χ2v) is 4.86. The standard InChI is InChI=1S/C12H18P/c1-9(2)11-6-5-7-13-8-12(11)10(3)4/h5-10H,1-4H3/q+1. The van der Waals surface area contributed by atoms with Crippen LogP contribution in [-0.2, 0) is 0 Å². The Bertz CT molecular complexity index is 297. The third kappa shape index (κ3) is 2.81. The summed E-state index contributed by atoms with van der Waals surface area (Å²) in [5.74, 6) is 5.80. The Labute approximate surface area is 82.8 Å². The summed E-state index contributed by atoms with van der Waals surface area (Å²) >= 11 is 0. The summed E-state index contributed by atoms with van der Waals surface area (Å²) in [6, 6.07) is 0. The molecular formula is C12H18P+. The molecule has 0 aromatic heterocycles. The van der Waals surface area contributed by atoms with Crippen molar-refractivity contribution in [3.05, 3.63) is 23.3 Å². The van der Waals surface area contributed by atoms with Gasteiger partial charge in [-0.25, -0.2) is 0 Å². The molecule has 0 spiro atoms. The molecule has 0 aromatic carbocycles. The molecule has 1 aliphatic heterocycles. The van der Waals surface area contributed by atoms with Crippen molar-refractivity contribution in [2.45, 2.75) is 27.7 Å². The summed E-state index contributed by atoms with van der Waals surface area (Å²) in [6.45, 7) is 9.06. The van der Waals surface area contributed by atoms with Crippen LogP contribution in [0.4, 0.5) is 0 Å². The van der Waals surface area contributed by atoms with E-state index in [2.05, 4.69) is 51.4 Å². The quantitative estimate of drug-likeness (QED) is 0.586. The van der Waals surface area contributed by atoms with Gasteiger partial charge >= 0.3 is 82.2 Å². The van der Waals surface area contributed by atoms with Crippen LogP contribution in [0.25, 0.3) is 0 Å². The molecule has 0 fully saturated rings. The predicted molar refractivity (Wildman–Crippen MR) is 64.9 cm³/mol. The van der Waals surface area contributed by atoms with Crippen molar-refractivity contribution in [2.24, 2.45) is 11.8 Å². The zero-order chi connectivity index (χ0) is 9.84. The molecule has 13 heavy (non-hydrogen) atoms. The van der Waals surface area contributed by atoms with Crippen LogP contribution < -0.4 is 0 Å². The maximum absolute atomic E-state index is 2.33. The Morgan fingerprint density at radius 3 is 2.15 bits per heavy atom. The van der Waals surface area contributed by atoms with E-state index < -0.39 is 0 Å². The van der Waals surface area contributed by atoms with Gasteiger partial charge in [-0.05, 0) is 0 Å².